The van der Waals surface area contributed by atoms with Crippen LogP contribution in [0.5, 0.6) is 0 Å². The zero-order valence-corrected chi connectivity index (χ0v) is 14.5. The molecule has 3 rings (SSSR count). The Morgan fingerprint density at radius 2 is 2.00 bits per heavy atom. The van der Waals surface area contributed by atoms with Gasteiger partial charge in [0, 0.05) is 12.7 Å². The summed E-state index contributed by atoms with van der Waals surface area (Å²) < 4.78 is 1.98. The van der Waals surface area contributed by atoms with Gasteiger partial charge >= 0.3 is 0 Å². The molecule has 3 aromatic rings. The van der Waals surface area contributed by atoms with Gasteiger partial charge in [-0.1, -0.05) is 47.1 Å². The van der Waals surface area contributed by atoms with Gasteiger partial charge in [0.25, 0.3) is 0 Å². The number of rotatable bonds is 4. The number of nitrogens with zero attached hydrogens (tertiary/aromatic N) is 2. The van der Waals surface area contributed by atoms with E-state index in [0.717, 1.165) is 16.2 Å². The maximum atomic E-state index is 12.1. The van der Waals surface area contributed by atoms with Gasteiger partial charge in [0.2, 0.25) is 5.91 Å². The number of aryl methyl sites for hydroxylation is 1. The van der Waals surface area contributed by atoms with Gasteiger partial charge in [-0.05, 0) is 30.3 Å². The highest BCUT2D eigenvalue weighted by atomic mass is 35.5. The molecule has 0 saturated carbocycles. The van der Waals surface area contributed by atoms with Crippen molar-refractivity contribution in [1.29, 1.82) is 0 Å². The number of nitrogens with one attached hydrogen (secondary N) is 1. The van der Waals surface area contributed by atoms with Crippen molar-refractivity contribution in [2.24, 2.45) is 7.05 Å². The first-order valence-corrected chi connectivity index (χ1v) is 8.58. The van der Waals surface area contributed by atoms with Crippen LogP contribution in [0.15, 0.2) is 47.6 Å². The molecule has 0 spiro atoms. The van der Waals surface area contributed by atoms with E-state index in [1.165, 1.54) is 11.8 Å². The summed E-state index contributed by atoms with van der Waals surface area (Å²) in [4.78, 5) is 16.6. The van der Waals surface area contributed by atoms with E-state index in [1.54, 1.807) is 18.2 Å². The molecule has 118 valence electrons. The molecule has 0 aliphatic rings. The summed E-state index contributed by atoms with van der Waals surface area (Å²) in [6.07, 6.45) is 0. The summed E-state index contributed by atoms with van der Waals surface area (Å²) in [6.45, 7) is 0. The molecule has 0 bridgehead atoms. The molecular formula is C16H13Cl2N3OS. The number of fused-ring (bicyclic) bond motifs is 1. The zero-order chi connectivity index (χ0) is 16.4. The highest BCUT2D eigenvalue weighted by molar-refractivity contribution is 7.99. The fraction of sp³-hybridized carbons (Fsp3) is 0.125. The van der Waals surface area contributed by atoms with Crippen LogP contribution in [0.2, 0.25) is 10.0 Å². The van der Waals surface area contributed by atoms with E-state index in [9.17, 15) is 4.79 Å². The van der Waals surface area contributed by atoms with E-state index >= 15 is 0 Å². The van der Waals surface area contributed by atoms with Crippen LogP contribution in [-0.4, -0.2) is 21.2 Å². The van der Waals surface area contributed by atoms with E-state index < -0.39 is 0 Å². The highest BCUT2D eigenvalue weighted by Gasteiger charge is 2.11. The van der Waals surface area contributed by atoms with Gasteiger partial charge < -0.3 is 9.88 Å². The van der Waals surface area contributed by atoms with E-state index in [0.29, 0.717) is 15.7 Å². The second-order valence-corrected chi connectivity index (χ2v) is 6.66. The number of amides is 1. The number of hydrogen-bond donors (Lipinski definition) is 1. The first-order valence-electron chi connectivity index (χ1n) is 6.84. The lowest BCUT2D eigenvalue weighted by atomic mass is 10.3. The molecule has 0 aliphatic heterocycles. The molecule has 4 nitrogen and oxygen atoms in total. The summed E-state index contributed by atoms with van der Waals surface area (Å²) in [5.41, 5.74) is 2.58. The Hall–Kier alpha value is -1.69. The van der Waals surface area contributed by atoms with Crippen LogP contribution >= 0.6 is 35.0 Å². The molecule has 1 heterocycles. The lowest BCUT2D eigenvalue weighted by Gasteiger charge is -2.06. The molecule has 1 amide bonds. The van der Waals surface area contributed by atoms with Crippen LogP contribution in [0.3, 0.4) is 0 Å². The molecule has 0 radical (unpaired) electrons. The van der Waals surface area contributed by atoms with Crippen LogP contribution in [0.25, 0.3) is 11.0 Å². The van der Waals surface area contributed by atoms with Gasteiger partial charge in [-0.2, -0.15) is 0 Å². The van der Waals surface area contributed by atoms with Crippen LogP contribution in [0.1, 0.15) is 0 Å². The topological polar surface area (TPSA) is 46.9 Å². The van der Waals surface area contributed by atoms with E-state index in [4.69, 9.17) is 23.2 Å². The third kappa shape index (κ3) is 3.63. The van der Waals surface area contributed by atoms with E-state index in [-0.39, 0.29) is 11.7 Å². The molecule has 0 saturated heterocycles. The van der Waals surface area contributed by atoms with Gasteiger partial charge in [0.1, 0.15) is 0 Å². The third-order valence-corrected chi connectivity index (χ3v) is 5.05. The van der Waals surface area contributed by atoms with Gasteiger partial charge in [-0.25, -0.2) is 4.98 Å². The zero-order valence-electron chi connectivity index (χ0n) is 12.2. The molecule has 0 fully saturated rings. The average Bonchev–Trinajstić information content (AvgIpc) is 2.86. The predicted molar refractivity (Wildman–Crippen MR) is 96.5 cm³/mol. The fourth-order valence-electron chi connectivity index (χ4n) is 2.15. The Balaban J connectivity index is 1.66. The summed E-state index contributed by atoms with van der Waals surface area (Å²) >= 11 is 13.2. The van der Waals surface area contributed by atoms with Crippen molar-refractivity contribution in [1.82, 2.24) is 9.55 Å². The Morgan fingerprint density at radius 1 is 1.22 bits per heavy atom. The molecule has 0 aliphatic carbocycles. The lowest BCUT2D eigenvalue weighted by Crippen LogP contribution is -2.14. The van der Waals surface area contributed by atoms with Gasteiger partial charge in [-0.3, -0.25) is 4.79 Å². The van der Waals surface area contributed by atoms with Crippen LogP contribution < -0.4 is 5.32 Å². The second kappa shape index (κ2) is 6.83. The molecule has 7 heteroatoms. The van der Waals surface area contributed by atoms with Gasteiger partial charge in [0.05, 0.1) is 26.8 Å². The number of para-hydroxylation sites is 2. The molecule has 23 heavy (non-hydrogen) atoms. The number of anilines is 1. The number of aromatic nitrogens is 2. The van der Waals surface area contributed by atoms with Crippen molar-refractivity contribution in [2.75, 3.05) is 11.1 Å². The molecule has 0 unspecified atom stereocenters. The Morgan fingerprint density at radius 3 is 2.74 bits per heavy atom. The maximum absolute atomic E-state index is 12.1. The second-order valence-electron chi connectivity index (χ2n) is 4.91. The highest BCUT2D eigenvalue weighted by Crippen LogP contribution is 2.26. The number of carbonyl (C=O) groups is 1. The van der Waals surface area contributed by atoms with E-state index in [2.05, 4.69) is 10.3 Å². The fourth-order valence-corrected chi connectivity index (χ4v) is 3.24. The number of carbonyl (C=O) groups excluding carboxylic acids is 1. The summed E-state index contributed by atoms with van der Waals surface area (Å²) in [6, 6.07) is 12.9. The average molecular weight is 366 g/mol. The summed E-state index contributed by atoms with van der Waals surface area (Å²) in [7, 11) is 1.94. The summed E-state index contributed by atoms with van der Waals surface area (Å²) in [5, 5.41) is 4.46. The normalized spacial score (nSPS) is 10.9. The lowest BCUT2D eigenvalue weighted by molar-refractivity contribution is -0.113. The van der Waals surface area contributed by atoms with Crippen molar-refractivity contribution >= 4 is 57.6 Å². The molecule has 0 atom stereocenters. The number of imidazole rings is 1. The molecule has 1 N–H and O–H groups in total. The Bertz CT molecular complexity index is 879. The minimum atomic E-state index is -0.125. The van der Waals surface area contributed by atoms with Gasteiger partial charge in [-0.15, -0.1) is 0 Å². The van der Waals surface area contributed by atoms with Crippen LogP contribution in [-0.2, 0) is 11.8 Å². The van der Waals surface area contributed by atoms with Crippen molar-refractivity contribution in [3.8, 4) is 0 Å². The Kier molecular flexibility index (Phi) is 4.80. The van der Waals surface area contributed by atoms with E-state index in [1.807, 2.05) is 35.9 Å². The SMILES string of the molecule is Cn1c(SCC(=O)Nc2ccc(Cl)c(Cl)c2)nc2ccccc21. The molecule has 1 aromatic heterocycles. The predicted octanol–water partition coefficient (Wildman–Crippen LogP) is 4.61. The number of benzene rings is 2. The minimum absolute atomic E-state index is 0.125. The first kappa shape index (κ1) is 16.2. The number of halogens is 2. The smallest absolute Gasteiger partial charge is 0.234 e. The minimum Gasteiger partial charge on any atom is -0.325 e. The van der Waals surface area contributed by atoms with Crippen molar-refractivity contribution in [3.63, 3.8) is 0 Å². The quantitative estimate of drug-likeness (QED) is 0.686. The van der Waals surface area contributed by atoms with Crippen molar-refractivity contribution in [3.05, 3.63) is 52.5 Å². The van der Waals surface area contributed by atoms with Crippen molar-refractivity contribution < 1.29 is 4.79 Å². The largest absolute Gasteiger partial charge is 0.325 e. The number of hydrogen-bond acceptors (Lipinski definition) is 3. The maximum Gasteiger partial charge on any atom is 0.234 e. The third-order valence-electron chi connectivity index (χ3n) is 3.28. The Labute approximate surface area is 147 Å². The number of thioether (sulfide) groups is 1. The molecular weight excluding hydrogens is 353 g/mol. The standard InChI is InChI=1S/C16H13Cl2N3OS/c1-21-14-5-3-2-4-13(14)20-16(21)23-9-15(22)19-10-6-7-11(17)12(18)8-10/h2-8H,9H2,1H3,(H,19,22). The van der Waals surface area contributed by atoms with Crippen LogP contribution in [0.4, 0.5) is 5.69 Å². The monoisotopic (exact) mass is 365 g/mol. The molecule has 2 aromatic carbocycles. The first-order chi connectivity index (χ1) is 11.0. The summed E-state index contributed by atoms with van der Waals surface area (Å²) in [5.74, 6) is 0.137. The van der Waals surface area contributed by atoms with Crippen molar-refractivity contribution in [2.45, 2.75) is 5.16 Å². The van der Waals surface area contributed by atoms with Gasteiger partial charge in [0.15, 0.2) is 5.16 Å². The van der Waals surface area contributed by atoms with Crippen LogP contribution in [0, 0.1) is 0 Å².